The van der Waals surface area contributed by atoms with E-state index < -0.39 is 10.8 Å². The van der Waals surface area contributed by atoms with Crippen LogP contribution < -0.4 is 0 Å². The van der Waals surface area contributed by atoms with Gasteiger partial charge in [-0.3, -0.25) is 9.00 Å². The van der Waals surface area contributed by atoms with Crippen molar-refractivity contribution in [1.29, 1.82) is 0 Å². The highest BCUT2D eigenvalue weighted by atomic mass is 32.2. The molecular formula is C16H18O2S. The van der Waals surface area contributed by atoms with E-state index in [0.29, 0.717) is 0 Å². The predicted octanol–water partition coefficient (Wildman–Crippen LogP) is 3.20. The molecule has 2 aliphatic heterocycles. The highest BCUT2D eigenvalue weighted by molar-refractivity contribution is 7.86. The van der Waals surface area contributed by atoms with Crippen molar-refractivity contribution in [3.05, 3.63) is 42.0 Å². The standard InChI is InChI=1S/C16H18O2S/c1-2-11-3-5-12(6-4-11)16(17)13-9-14-7-8-15(10-13)19(14)18/h2-6,13-15H,1,7-10H2. The van der Waals surface area contributed by atoms with E-state index in [1.807, 2.05) is 24.3 Å². The third-order valence-corrected chi connectivity index (χ3v) is 6.53. The molecule has 100 valence electrons. The fraction of sp³-hybridized carbons (Fsp3) is 0.438. The molecular weight excluding hydrogens is 256 g/mol. The van der Waals surface area contributed by atoms with E-state index in [4.69, 9.17) is 0 Å². The van der Waals surface area contributed by atoms with E-state index in [0.717, 1.165) is 36.8 Å². The number of Topliss-reactive ketones (excluding diaryl/α,β-unsaturated/α-hetero) is 1. The topological polar surface area (TPSA) is 34.1 Å². The van der Waals surface area contributed by atoms with E-state index in [2.05, 4.69) is 6.58 Å². The molecule has 0 aromatic heterocycles. The summed E-state index contributed by atoms with van der Waals surface area (Å²) >= 11 is 0. The quantitative estimate of drug-likeness (QED) is 0.793. The summed E-state index contributed by atoms with van der Waals surface area (Å²) in [5.41, 5.74) is 1.81. The van der Waals surface area contributed by atoms with Gasteiger partial charge in [-0.15, -0.1) is 0 Å². The lowest BCUT2D eigenvalue weighted by Crippen LogP contribution is -2.32. The molecule has 0 aliphatic carbocycles. The molecule has 0 N–H and O–H groups in total. The summed E-state index contributed by atoms with van der Waals surface area (Å²) < 4.78 is 12.0. The Balaban J connectivity index is 1.77. The molecule has 2 heterocycles. The van der Waals surface area contributed by atoms with Crippen molar-refractivity contribution in [3.8, 4) is 0 Å². The molecule has 1 aromatic rings. The number of hydrogen-bond donors (Lipinski definition) is 0. The van der Waals surface area contributed by atoms with Gasteiger partial charge in [-0.05, 0) is 31.2 Å². The molecule has 0 radical (unpaired) electrons. The summed E-state index contributed by atoms with van der Waals surface area (Å²) in [6.07, 6.45) is 5.47. The Kier molecular flexibility index (Phi) is 3.40. The molecule has 0 spiro atoms. The Bertz CT molecular complexity index is 516. The van der Waals surface area contributed by atoms with Crippen LogP contribution >= 0.6 is 0 Å². The van der Waals surface area contributed by atoms with Gasteiger partial charge in [-0.25, -0.2) is 0 Å². The minimum absolute atomic E-state index is 0.0739. The number of hydrogen-bond acceptors (Lipinski definition) is 2. The average molecular weight is 274 g/mol. The molecule has 2 atom stereocenters. The van der Waals surface area contributed by atoms with Crippen LogP contribution in [0.15, 0.2) is 30.8 Å². The van der Waals surface area contributed by atoms with Crippen molar-refractivity contribution in [2.75, 3.05) is 0 Å². The second-order valence-electron chi connectivity index (χ2n) is 5.51. The van der Waals surface area contributed by atoms with Crippen LogP contribution in [0.5, 0.6) is 0 Å². The van der Waals surface area contributed by atoms with Crippen molar-refractivity contribution in [2.45, 2.75) is 36.2 Å². The zero-order valence-corrected chi connectivity index (χ0v) is 11.7. The van der Waals surface area contributed by atoms with E-state index in [1.165, 1.54) is 0 Å². The fourth-order valence-electron chi connectivity index (χ4n) is 3.27. The van der Waals surface area contributed by atoms with Gasteiger partial charge in [-0.1, -0.05) is 36.9 Å². The molecule has 2 fully saturated rings. The van der Waals surface area contributed by atoms with Gasteiger partial charge in [-0.2, -0.15) is 0 Å². The third kappa shape index (κ3) is 2.32. The van der Waals surface area contributed by atoms with Gasteiger partial charge < -0.3 is 0 Å². The molecule has 0 amide bonds. The fourth-order valence-corrected chi connectivity index (χ4v) is 5.39. The Morgan fingerprint density at radius 1 is 1.16 bits per heavy atom. The normalized spacial score (nSPS) is 33.1. The Hall–Kier alpha value is -1.22. The molecule has 2 aliphatic rings. The lowest BCUT2D eigenvalue weighted by Gasteiger charge is -2.26. The first-order chi connectivity index (χ1) is 9.19. The molecule has 19 heavy (non-hydrogen) atoms. The van der Waals surface area contributed by atoms with Crippen LogP contribution in [-0.2, 0) is 10.8 Å². The highest BCUT2D eigenvalue weighted by Gasteiger charge is 2.42. The van der Waals surface area contributed by atoms with E-state index >= 15 is 0 Å². The summed E-state index contributed by atoms with van der Waals surface area (Å²) in [6.45, 7) is 3.71. The Morgan fingerprint density at radius 3 is 2.26 bits per heavy atom. The number of benzene rings is 1. The monoisotopic (exact) mass is 274 g/mol. The Morgan fingerprint density at radius 2 is 1.74 bits per heavy atom. The van der Waals surface area contributed by atoms with Crippen LogP contribution in [0.1, 0.15) is 41.6 Å². The van der Waals surface area contributed by atoms with Gasteiger partial charge in [0, 0.05) is 32.8 Å². The lowest BCUT2D eigenvalue weighted by atomic mass is 9.90. The van der Waals surface area contributed by atoms with Crippen LogP contribution in [-0.4, -0.2) is 20.5 Å². The lowest BCUT2D eigenvalue weighted by molar-refractivity contribution is 0.0906. The largest absolute Gasteiger partial charge is 0.294 e. The van der Waals surface area contributed by atoms with Crippen molar-refractivity contribution in [2.24, 2.45) is 5.92 Å². The van der Waals surface area contributed by atoms with Gasteiger partial charge in [0.1, 0.15) is 0 Å². The van der Waals surface area contributed by atoms with Crippen molar-refractivity contribution >= 4 is 22.7 Å². The van der Waals surface area contributed by atoms with E-state index in [9.17, 15) is 9.00 Å². The summed E-state index contributed by atoms with van der Waals surface area (Å²) in [5.74, 6) is 0.300. The number of fused-ring (bicyclic) bond motifs is 2. The molecule has 0 saturated carbocycles. The van der Waals surface area contributed by atoms with Crippen LogP contribution in [0.25, 0.3) is 6.08 Å². The summed E-state index contributed by atoms with van der Waals surface area (Å²) in [5, 5.41) is 0.528. The highest BCUT2D eigenvalue weighted by Crippen LogP contribution is 2.39. The average Bonchev–Trinajstić information content (AvgIpc) is 2.68. The van der Waals surface area contributed by atoms with Gasteiger partial charge in [0.05, 0.1) is 0 Å². The maximum Gasteiger partial charge on any atom is 0.166 e. The zero-order valence-electron chi connectivity index (χ0n) is 10.9. The van der Waals surface area contributed by atoms with E-state index in [1.54, 1.807) is 6.08 Å². The Labute approximate surface area is 116 Å². The predicted molar refractivity (Wildman–Crippen MR) is 78.5 cm³/mol. The smallest absolute Gasteiger partial charge is 0.166 e. The van der Waals surface area contributed by atoms with Crippen LogP contribution in [0.4, 0.5) is 0 Å². The van der Waals surface area contributed by atoms with Gasteiger partial charge in [0.2, 0.25) is 0 Å². The van der Waals surface area contributed by atoms with Crippen LogP contribution in [0.3, 0.4) is 0 Å². The summed E-state index contributed by atoms with van der Waals surface area (Å²) in [4.78, 5) is 12.5. The van der Waals surface area contributed by atoms with Gasteiger partial charge >= 0.3 is 0 Å². The number of carbonyl (C=O) groups is 1. The molecule has 3 rings (SSSR count). The first-order valence-corrected chi connectivity index (χ1v) is 8.12. The SMILES string of the molecule is C=Cc1ccc(C(=O)C2CC3CCC(C2)S3=O)cc1. The summed E-state index contributed by atoms with van der Waals surface area (Å²) in [7, 11) is -0.683. The van der Waals surface area contributed by atoms with Crippen LogP contribution in [0, 0.1) is 5.92 Å². The van der Waals surface area contributed by atoms with Crippen molar-refractivity contribution < 1.29 is 9.00 Å². The second kappa shape index (κ2) is 5.04. The zero-order chi connectivity index (χ0) is 13.4. The first kappa shape index (κ1) is 12.8. The maximum absolute atomic E-state index is 12.5. The minimum Gasteiger partial charge on any atom is -0.294 e. The third-order valence-electron chi connectivity index (χ3n) is 4.36. The number of rotatable bonds is 3. The molecule has 2 saturated heterocycles. The minimum atomic E-state index is -0.683. The molecule has 3 heteroatoms. The second-order valence-corrected chi connectivity index (χ2v) is 7.50. The van der Waals surface area contributed by atoms with Crippen molar-refractivity contribution in [1.82, 2.24) is 0 Å². The first-order valence-electron chi connectivity index (χ1n) is 6.85. The number of ketones is 1. The maximum atomic E-state index is 12.5. The van der Waals surface area contributed by atoms with Gasteiger partial charge in [0.15, 0.2) is 5.78 Å². The molecule has 2 unspecified atom stereocenters. The molecule has 1 aromatic carbocycles. The number of carbonyl (C=O) groups excluding carboxylic acids is 1. The van der Waals surface area contributed by atoms with E-state index in [-0.39, 0.29) is 22.2 Å². The van der Waals surface area contributed by atoms with Crippen molar-refractivity contribution in [3.63, 3.8) is 0 Å². The van der Waals surface area contributed by atoms with Crippen LogP contribution in [0.2, 0.25) is 0 Å². The van der Waals surface area contributed by atoms with Gasteiger partial charge in [0.25, 0.3) is 0 Å². The summed E-state index contributed by atoms with van der Waals surface area (Å²) in [6, 6.07) is 7.62. The molecule has 2 bridgehead atoms. The molecule has 2 nitrogen and oxygen atoms in total.